The van der Waals surface area contributed by atoms with Gasteiger partial charge in [-0.05, 0) is 13.0 Å². The van der Waals surface area contributed by atoms with Crippen LogP contribution in [0.1, 0.15) is 19.4 Å². The predicted octanol–water partition coefficient (Wildman–Crippen LogP) is 2.69. The van der Waals surface area contributed by atoms with Gasteiger partial charge in [0.1, 0.15) is 5.82 Å². The SMILES string of the molecule is CC.Cc1c(F)ccnc1F. The van der Waals surface area contributed by atoms with Crippen molar-refractivity contribution >= 4 is 0 Å². The van der Waals surface area contributed by atoms with Crippen LogP contribution in [0.25, 0.3) is 0 Å². The molecule has 62 valence electrons. The summed E-state index contributed by atoms with van der Waals surface area (Å²) in [5.74, 6) is -1.29. The molecule has 0 radical (unpaired) electrons. The van der Waals surface area contributed by atoms with E-state index in [1.54, 1.807) is 0 Å². The standard InChI is InChI=1S/C6H5F2N.C2H6/c1-4-5(7)2-3-9-6(4)8;1-2/h2-3H,1H3;1-2H3. The van der Waals surface area contributed by atoms with Crippen molar-refractivity contribution in [1.82, 2.24) is 4.98 Å². The number of nitrogens with zero attached hydrogens (tertiary/aromatic N) is 1. The average molecular weight is 159 g/mol. The molecule has 0 fully saturated rings. The lowest BCUT2D eigenvalue weighted by atomic mass is 10.3. The molecule has 0 aliphatic heterocycles. The summed E-state index contributed by atoms with van der Waals surface area (Å²) in [7, 11) is 0. The van der Waals surface area contributed by atoms with E-state index in [2.05, 4.69) is 4.98 Å². The molecule has 1 aromatic rings. The van der Waals surface area contributed by atoms with Crippen LogP contribution >= 0.6 is 0 Å². The molecule has 0 spiro atoms. The molecule has 0 aliphatic carbocycles. The monoisotopic (exact) mass is 159 g/mol. The number of rotatable bonds is 0. The van der Waals surface area contributed by atoms with Gasteiger partial charge in [0.05, 0.1) is 0 Å². The van der Waals surface area contributed by atoms with Gasteiger partial charge < -0.3 is 0 Å². The molecule has 0 aromatic carbocycles. The smallest absolute Gasteiger partial charge is 0.218 e. The molecule has 0 saturated heterocycles. The Labute approximate surface area is 65.1 Å². The van der Waals surface area contributed by atoms with Gasteiger partial charge >= 0.3 is 0 Å². The third-order valence-corrected chi connectivity index (χ3v) is 1.08. The van der Waals surface area contributed by atoms with Gasteiger partial charge in [-0.3, -0.25) is 0 Å². The van der Waals surface area contributed by atoms with Gasteiger partial charge in [-0.25, -0.2) is 9.37 Å². The highest BCUT2D eigenvalue weighted by Crippen LogP contribution is 2.05. The van der Waals surface area contributed by atoms with Gasteiger partial charge in [-0.15, -0.1) is 0 Å². The fourth-order valence-electron chi connectivity index (χ4n) is 0.489. The van der Waals surface area contributed by atoms with Crippen LogP contribution in [-0.4, -0.2) is 4.98 Å². The Balaban J connectivity index is 0.000000461. The molecule has 0 bridgehead atoms. The van der Waals surface area contributed by atoms with Crippen LogP contribution < -0.4 is 0 Å². The summed E-state index contributed by atoms with van der Waals surface area (Å²) in [6, 6.07) is 1.12. The van der Waals surface area contributed by atoms with Crippen LogP contribution in [0.3, 0.4) is 0 Å². The van der Waals surface area contributed by atoms with Gasteiger partial charge in [0, 0.05) is 11.8 Å². The van der Waals surface area contributed by atoms with E-state index in [0.29, 0.717) is 0 Å². The molecule has 0 atom stereocenters. The molecule has 11 heavy (non-hydrogen) atoms. The molecule has 1 nitrogen and oxygen atoms in total. The summed E-state index contributed by atoms with van der Waals surface area (Å²) >= 11 is 0. The van der Waals surface area contributed by atoms with Crippen molar-refractivity contribution in [3.63, 3.8) is 0 Å². The minimum Gasteiger partial charge on any atom is -0.228 e. The van der Waals surface area contributed by atoms with E-state index in [9.17, 15) is 8.78 Å². The molecule has 0 N–H and O–H groups in total. The quantitative estimate of drug-likeness (QED) is 0.530. The Bertz CT molecular complexity index is 203. The van der Waals surface area contributed by atoms with E-state index in [4.69, 9.17) is 0 Å². The summed E-state index contributed by atoms with van der Waals surface area (Å²) in [6.45, 7) is 5.34. The highest BCUT2D eigenvalue weighted by Gasteiger charge is 2.01. The topological polar surface area (TPSA) is 12.9 Å². The molecule has 3 heteroatoms. The molecule has 0 unspecified atom stereocenters. The van der Waals surface area contributed by atoms with Crippen LogP contribution in [-0.2, 0) is 0 Å². The van der Waals surface area contributed by atoms with Crippen molar-refractivity contribution < 1.29 is 8.78 Å². The Kier molecular flexibility index (Phi) is 4.34. The normalized spacial score (nSPS) is 8.45. The Morgan fingerprint density at radius 2 is 1.82 bits per heavy atom. The predicted molar refractivity (Wildman–Crippen MR) is 40.2 cm³/mol. The first-order valence-electron chi connectivity index (χ1n) is 3.48. The number of hydrogen-bond donors (Lipinski definition) is 0. The molecule has 0 aliphatic rings. The van der Waals surface area contributed by atoms with E-state index in [1.807, 2.05) is 13.8 Å². The van der Waals surface area contributed by atoms with Gasteiger partial charge in [0.25, 0.3) is 0 Å². The second kappa shape index (κ2) is 4.77. The van der Waals surface area contributed by atoms with Crippen molar-refractivity contribution in [1.29, 1.82) is 0 Å². The first-order chi connectivity index (χ1) is 5.22. The van der Waals surface area contributed by atoms with Crippen LogP contribution in [0.5, 0.6) is 0 Å². The summed E-state index contributed by atoms with van der Waals surface area (Å²) in [5.41, 5.74) is -0.0301. The number of hydrogen-bond acceptors (Lipinski definition) is 1. The Hall–Kier alpha value is -0.990. The Morgan fingerprint density at radius 1 is 1.27 bits per heavy atom. The van der Waals surface area contributed by atoms with Crippen molar-refractivity contribution in [3.8, 4) is 0 Å². The lowest BCUT2D eigenvalue weighted by molar-refractivity contribution is 0.537. The van der Waals surface area contributed by atoms with E-state index in [1.165, 1.54) is 6.92 Å². The lowest BCUT2D eigenvalue weighted by Crippen LogP contribution is -1.90. The third kappa shape index (κ3) is 2.62. The first kappa shape index (κ1) is 10.0. The second-order valence-electron chi connectivity index (χ2n) is 1.71. The lowest BCUT2D eigenvalue weighted by Gasteiger charge is -1.92. The van der Waals surface area contributed by atoms with Crippen LogP contribution in [0.4, 0.5) is 8.78 Å². The van der Waals surface area contributed by atoms with Gasteiger partial charge in [-0.2, -0.15) is 4.39 Å². The van der Waals surface area contributed by atoms with E-state index in [0.717, 1.165) is 12.3 Å². The zero-order chi connectivity index (χ0) is 8.85. The number of halogens is 2. The van der Waals surface area contributed by atoms with Gasteiger partial charge in [-0.1, -0.05) is 13.8 Å². The second-order valence-corrected chi connectivity index (χ2v) is 1.71. The number of pyridine rings is 1. The van der Waals surface area contributed by atoms with Crippen molar-refractivity contribution in [2.24, 2.45) is 0 Å². The van der Waals surface area contributed by atoms with E-state index >= 15 is 0 Å². The Morgan fingerprint density at radius 3 is 2.18 bits per heavy atom. The van der Waals surface area contributed by atoms with Crippen LogP contribution in [0.15, 0.2) is 12.3 Å². The van der Waals surface area contributed by atoms with E-state index in [-0.39, 0.29) is 5.56 Å². The molecular weight excluding hydrogens is 148 g/mol. The van der Waals surface area contributed by atoms with Gasteiger partial charge in [0.2, 0.25) is 5.95 Å². The third-order valence-electron chi connectivity index (χ3n) is 1.08. The molecule has 0 saturated carbocycles. The zero-order valence-electron chi connectivity index (χ0n) is 6.86. The van der Waals surface area contributed by atoms with Crippen molar-refractivity contribution in [3.05, 3.63) is 29.6 Å². The minimum atomic E-state index is -0.741. The molecule has 0 amide bonds. The largest absolute Gasteiger partial charge is 0.228 e. The highest BCUT2D eigenvalue weighted by molar-refractivity contribution is 5.10. The summed E-state index contributed by atoms with van der Waals surface area (Å²) in [4.78, 5) is 3.23. The summed E-state index contributed by atoms with van der Waals surface area (Å²) in [5, 5.41) is 0. The maximum atomic E-state index is 12.3. The minimum absolute atomic E-state index is 0.0301. The first-order valence-corrected chi connectivity index (χ1v) is 3.48. The van der Waals surface area contributed by atoms with Crippen LogP contribution in [0.2, 0.25) is 0 Å². The zero-order valence-corrected chi connectivity index (χ0v) is 6.86. The highest BCUT2D eigenvalue weighted by atomic mass is 19.1. The number of aromatic nitrogens is 1. The van der Waals surface area contributed by atoms with E-state index < -0.39 is 11.8 Å². The molecule has 1 rings (SSSR count). The summed E-state index contributed by atoms with van der Waals surface area (Å²) in [6.07, 6.45) is 1.09. The fourth-order valence-corrected chi connectivity index (χ4v) is 0.489. The fraction of sp³-hybridized carbons (Fsp3) is 0.375. The van der Waals surface area contributed by atoms with Gasteiger partial charge in [0.15, 0.2) is 0 Å². The maximum absolute atomic E-state index is 12.3. The molecular formula is C8H11F2N. The van der Waals surface area contributed by atoms with Crippen LogP contribution in [0, 0.1) is 18.7 Å². The molecule has 1 heterocycles. The maximum Gasteiger partial charge on any atom is 0.218 e. The summed E-state index contributed by atoms with van der Waals surface area (Å²) < 4.78 is 24.5. The van der Waals surface area contributed by atoms with Crippen molar-refractivity contribution in [2.75, 3.05) is 0 Å². The average Bonchev–Trinajstić information content (AvgIpc) is 2.04. The molecule has 1 aromatic heterocycles. The van der Waals surface area contributed by atoms with Crippen molar-refractivity contribution in [2.45, 2.75) is 20.8 Å².